The van der Waals surface area contributed by atoms with Gasteiger partial charge in [0.05, 0.1) is 0 Å². The number of alkyl carbamates (subject to hydrolysis) is 1. The zero-order valence-corrected chi connectivity index (χ0v) is 14.6. The van der Waals surface area contributed by atoms with Crippen molar-refractivity contribution < 1.29 is 9.53 Å². The van der Waals surface area contributed by atoms with E-state index in [2.05, 4.69) is 22.9 Å². The largest absolute Gasteiger partial charge is 0.444 e. The summed E-state index contributed by atoms with van der Waals surface area (Å²) in [6, 6.07) is 0.563. The third-order valence-corrected chi connectivity index (χ3v) is 4.64. The highest BCUT2D eigenvalue weighted by Gasteiger charge is 2.41. The van der Waals surface area contributed by atoms with Gasteiger partial charge in [-0.2, -0.15) is 0 Å². The molecule has 128 valence electrons. The maximum Gasteiger partial charge on any atom is 0.407 e. The predicted octanol–water partition coefficient (Wildman–Crippen LogP) is 2.41. The van der Waals surface area contributed by atoms with Crippen molar-refractivity contribution >= 4 is 6.09 Å². The van der Waals surface area contributed by atoms with Gasteiger partial charge in [0.2, 0.25) is 0 Å². The van der Waals surface area contributed by atoms with Crippen molar-refractivity contribution in [3.63, 3.8) is 0 Å². The van der Waals surface area contributed by atoms with Gasteiger partial charge in [0.15, 0.2) is 0 Å². The number of piperidine rings is 1. The molecule has 2 fully saturated rings. The Balaban J connectivity index is 1.78. The van der Waals surface area contributed by atoms with Gasteiger partial charge in [0.1, 0.15) is 5.60 Å². The average molecular weight is 311 g/mol. The van der Waals surface area contributed by atoms with Gasteiger partial charge in [-0.25, -0.2) is 4.79 Å². The van der Waals surface area contributed by atoms with Crippen LogP contribution in [0.3, 0.4) is 0 Å². The first kappa shape index (κ1) is 17.5. The smallest absolute Gasteiger partial charge is 0.407 e. The van der Waals surface area contributed by atoms with Crippen LogP contribution in [0.25, 0.3) is 0 Å². The van der Waals surface area contributed by atoms with E-state index in [-0.39, 0.29) is 11.6 Å². The van der Waals surface area contributed by atoms with Crippen molar-refractivity contribution in [2.75, 3.05) is 19.6 Å². The highest BCUT2D eigenvalue weighted by atomic mass is 16.6. The molecule has 2 rings (SSSR count). The molecule has 1 aliphatic carbocycles. The number of amides is 1. The molecule has 5 nitrogen and oxygen atoms in total. The van der Waals surface area contributed by atoms with Gasteiger partial charge in [-0.05, 0) is 65.8 Å². The number of carbonyl (C=O) groups is 1. The number of hydrogen-bond donors (Lipinski definition) is 3. The maximum absolute atomic E-state index is 11.9. The molecule has 1 amide bonds. The van der Waals surface area contributed by atoms with Crippen molar-refractivity contribution in [3.8, 4) is 0 Å². The number of ether oxygens (including phenoxy) is 1. The molecule has 0 radical (unpaired) electrons. The fourth-order valence-electron chi connectivity index (χ4n) is 3.10. The van der Waals surface area contributed by atoms with E-state index in [1.54, 1.807) is 0 Å². The van der Waals surface area contributed by atoms with Crippen LogP contribution in [0.1, 0.15) is 59.8 Å². The zero-order valence-electron chi connectivity index (χ0n) is 14.6. The van der Waals surface area contributed by atoms with Crippen molar-refractivity contribution in [2.45, 2.75) is 77.0 Å². The molecule has 2 aliphatic rings. The second-order valence-electron chi connectivity index (χ2n) is 8.07. The predicted molar refractivity (Wildman–Crippen MR) is 89.0 cm³/mol. The van der Waals surface area contributed by atoms with Crippen LogP contribution < -0.4 is 16.0 Å². The minimum absolute atomic E-state index is 0.0317. The van der Waals surface area contributed by atoms with E-state index in [4.69, 9.17) is 4.74 Å². The number of hydrogen-bond acceptors (Lipinski definition) is 4. The third kappa shape index (κ3) is 5.76. The van der Waals surface area contributed by atoms with E-state index in [9.17, 15) is 4.79 Å². The Morgan fingerprint density at radius 1 is 1.18 bits per heavy atom. The lowest BCUT2D eigenvalue weighted by molar-refractivity contribution is 0.0507. The van der Waals surface area contributed by atoms with Crippen LogP contribution in [0, 0.1) is 5.92 Å². The standard InChI is InChI=1S/C17H33N3O2/c1-16(2,3)22-15(21)19-12-17(4,13-8-9-13)20-11-14-7-5-6-10-18-14/h13-14,18,20H,5-12H2,1-4H3,(H,19,21). The Morgan fingerprint density at radius 2 is 1.91 bits per heavy atom. The summed E-state index contributed by atoms with van der Waals surface area (Å²) in [4.78, 5) is 11.9. The van der Waals surface area contributed by atoms with Gasteiger partial charge in [0, 0.05) is 24.7 Å². The first-order valence-electron chi connectivity index (χ1n) is 8.74. The quantitative estimate of drug-likeness (QED) is 0.705. The summed E-state index contributed by atoms with van der Waals surface area (Å²) in [6.45, 7) is 10.6. The molecule has 2 atom stereocenters. The molecular formula is C17H33N3O2. The Morgan fingerprint density at radius 3 is 2.45 bits per heavy atom. The minimum atomic E-state index is -0.445. The molecule has 0 aromatic carbocycles. The van der Waals surface area contributed by atoms with Crippen LogP contribution in [0.4, 0.5) is 4.79 Å². The summed E-state index contributed by atoms with van der Waals surface area (Å²) in [6.07, 6.45) is 6.02. The van der Waals surface area contributed by atoms with Gasteiger partial charge in [0.25, 0.3) is 0 Å². The Labute approximate surface area is 134 Å². The summed E-state index contributed by atoms with van der Waals surface area (Å²) in [7, 11) is 0. The SMILES string of the molecule is CC(C)(C)OC(=O)NCC(C)(NCC1CCCCN1)C1CC1. The normalized spacial score (nSPS) is 25.4. The highest BCUT2D eigenvalue weighted by molar-refractivity contribution is 5.67. The number of nitrogens with one attached hydrogen (secondary N) is 3. The van der Waals surface area contributed by atoms with Crippen LogP contribution in [0.2, 0.25) is 0 Å². The molecule has 0 aromatic rings. The average Bonchev–Trinajstić information content (AvgIpc) is 3.27. The highest BCUT2D eigenvalue weighted by Crippen LogP contribution is 2.39. The summed E-state index contributed by atoms with van der Waals surface area (Å²) >= 11 is 0. The van der Waals surface area contributed by atoms with Gasteiger partial charge in [-0.15, -0.1) is 0 Å². The molecule has 5 heteroatoms. The molecule has 3 N–H and O–H groups in total. The molecule has 2 unspecified atom stereocenters. The lowest BCUT2D eigenvalue weighted by Crippen LogP contribution is -2.57. The van der Waals surface area contributed by atoms with E-state index in [0.29, 0.717) is 18.5 Å². The van der Waals surface area contributed by atoms with Crippen LogP contribution in [0.15, 0.2) is 0 Å². The minimum Gasteiger partial charge on any atom is -0.444 e. The van der Waals surface area contributed by atoms with E-state index in [1.165, 1.54) is 32.1 Å². The molecule has 1 aliphatic heterocycles. The fourth-order valence-corrected chi connectivity index (χ4v) is 3.10. The van der Waals surface area contributed by atoms with E-state index >= 15 is 0 Å². The van der Waals surface area contributed by atoms with Crippen LogP contribution in [-0.2, 0) is 4.74 Å². The molecular weight excluding hydrogens is 278 g/mol. The second kappa shape index (κ2) is 7.18. The fraction of sp³-hybridized carbons (Fsp3) is 0.941. The summed E-state index contributed by atoms with van der Waals surface area (Å²) in [5, 5.41) is 10.2. The lowest BCUT2D eigenvalue weighted by Gasteiger charge is -2.35. The van der Waals surface area contributed by atoms with Gasteiger partial charge < -0.3 is 20.7 Å². The van der Waals surface area contributed by atoms with E-state index in [1.807, 2.05) is 20.8 Å². The first-order chi connectivity index (χ1) is 10.3. The molecule has 0 spiro atoms. The van der Waals surface area contributed by atoms with Crippen LogP contribution >= 0.6 is 0 Å². The summed E-state index contributed by atoms with van der Waals surface area (Å²) in [5.74, 6) is 0.658. The third-order valence-electron chi connectivity index (χ3n) is 4.64. The lowest BCUT2D eigenvalue weighted by atomic mass is 9.94. The number of rotatable bonds is 6. The molecule has 0 bridgehead atoms. The van der Waals surface area contributed by atoms with Crippen LogP contribution in [0.5, 0.6) is 0 Å². The Kier molecular flexibility index (Phi) is 5.72. The van der Waals surface area contributed by atoms with Gasteiger partial charge >= 0.3 is 6.09 Å². The van der Waals surface area contributed by atoms with E-state index in [0.717, 1.165) is 13.1 Å². The molecule has 1 saturated heterocycles. The summed E-state index contributed by atoms with van der Waals surface area (Å²) < 4.78 is 5.34. The topological polar surface area (TPSA) is 62.4 Å². The molecule has 1 saturated carbocycles. The van der Waals surface area contributed by atoms with Crippen molar-refractivity contribution in [1.82, 2.24) is 16.0 Å². The second-order valence-corrected chi connectivity index (χ2v) is 8.07. The van der Waals surface area contributed by atoms with Gasteiger partial charge in [-0.3, -0.25) is 0 Å². The van der Waals surface area contributed by atoms with Crippen LogP contribution in [-0.4, -0.2) is 42.9 Å². The number of carbonyl (C=O) groups excluding carboxylic acids is 1. The van der Waals surface area contributed by atoms with Crippen molar-refractivity contribution in [1.29, 1.82) is 0 Å². The molecule has 1 heterocycles. The van der Waals surface area contributed by atoms with Crippen molar-refractivity contribution in [3.05, 3.63) is 0 Å². The Hall–Kier alpha value is -0.810. The van der Waals surface area contributed by atoms with Gasteiger partial charge in [-0.1, -0.05) is 6.42 Å². The van der Waals surface area contributed by atoms with Crippen molar-refractivity contribution in [2.24, 2.45) is 5.92 Å². The monoisotopic (exact) mass is 311 g/mol. The summed E-state index contributed by atoms with van der Waals surface area (Å²) in [5.41, 5.74) is -0.477. The van der Waals surface area contributed by atoms with E-state index < -0.39 is 5.60 Å². The molecule has 0 aromatic heterocycles. The zero-order chi connectivity index (χ0) is 16.2. The maximum atomic E-state index is 11.9. The Bertz CT molecular complexity index is 371. The first-order valence-corrected chi connectivity index (χ1v) is 8.74. The molecule has 22 heavy (non-hydrogen) atoms.